The minimum Gasteiger partial charge on any atom is -0.478 e. The molecule has 1 unspecified atom stereocenters. The number of amides is 1. The highest BCUT2D eigenvalue weighted by molar-refractivity contribution is 7.14. The zero-order chi connectivity index (χ0) is 28.2. The van der Waals surface area contributed by atoms with Gasteiger partial charge in [0.25, 0.3) is 5.91 Å². The highest BCUT2D eigenvalue weighted by Gasteiger charge is 2.19. The minimum absolute atomic E-state index is 0.0555. The summed E-state index contributed by atoms with van der Waals surface area (Å²) in [6.07, 6.45) is 1.90. The second kappa shape index (κ2) is 11.9. The van der Waals surface area contributed by atoms with Crippen LogP contribution in [0.4, 0.5) is 18.3 Å². The largest absolute Gasteiger partial charge is 0.478 e. The molecule has 0 fully saturated rings. The summed E-state index contributed by atoms with van der Waals surface area (Å²) in [5, 5.41) is 13.1. The number of benzene rings is 2. The van der Waals surface area contributed by atoms with E-state index in [0.717, 1.165) is 29.5 Å². The van der Waals surface area contributed by atoms with Crippen molar-refractivity contribution in [2.75, 3.05) is 5.32 Å². The van der Waals surface area contributed by atoms with Crippen LogP contribution in [-0.2, 0) is 16.0 Å². The number of carbonyl (C=O) groups excluding carboxylic acids is 1. The van der Waals surface area contributed by atoms with E-state index in [-0.39, 0.29) is 33.5 Å². The van der Waals surface area contributed by atoms with Crippen LogP contribution in [0.5, 0.6) is 0 Å². The topological polar surface area (TPSA) is 88.5 Å². The average molecular weight is 547 g/mol. The van der Waals surface area contributed by atoms with Gasteiger partial charge in [-0.25, -0.2) is 22.9 Å². The Bertz CT molecular complexity index is 1360. The summed E-state index contributed by atoms with van der Waals surface area (Å²) >= 11 is 1.04. The van der Waals surface area contributed by atoms with Crippen molar-refractivity contribution < 1.29 is 32.6 Å². The van der Waals surface area contributed by atoms with E-state index < -0.39 is 34.9 Å². The van der Waals surface area contributed by atoms with E-state index in [9.17, 15) is 18.4 Å². The molecule has 1 heterocycles. The second-order valence-corrected chi connectivity index (χ2v) is 10.7. The molecule has 202 valence electrons. The van der Waals surface area contributed by atoms with Crippen LogP contribution >= 0.6 is 11.3 Å². The smallest absolute Gasteiger partial charge is 0.331 e. The molecule has 0 radical (unpaired) electrons. The first kappa shape index (κ1) is 29.1. The van der Waals surface area contributed by atoms with Crippen LogP contribution in [0.2, 0.25) is 0 Å². The number of hydrogen-bond acceptors (Lipinski definition) is 5. The highest BCUT2D eigenvalue weighted by atomic mass is 32.1. The number of hydrogen-bond donors (Lipinski definition) is 2. The molecule has 0 aliphatic heterocycles. The maximum Gasteiger partial charge on any atom is 0.331 e. The van der Waals surface area contributed by atoms with Gasteiger partial charge in [-0.3, -0.25) is 10.1 Å². The van der Waals surface area contributed by atoms with Crippen molar-refractivity contribution in [1.29, 1.82) is 0 Å². The fourth-order valence-corrected chi connectivity index (χ4v) is 4.45. The number of carbonyl (C=O) groups is 2. The molecular formula is C28H29F3N2O4S. The van der Waals surface area contributed by atoms with Crippen molar-refractivity contribution in [3.63, 3.8) is 0 Å². The normalized spacial score (nSPS) is 12.9. The molecule has 2 N–H and O–H groups in total. The molecule has 1 atom stereocenters. The summed E-state index contributed by atoms with van der Waals surface area (Å²) in [6, 6.07) is 6.64. The number of anilines is 1. The van der Waals surface area contributed by atoms with Gasteiger partial charge in [0.1, 0.15) is 17.5 Å². The van der Waals surface area contributed by atoms with Crippen LogP contribution in [-0.4, -0.2) is 33.7 Å². The third-order valence-electron chi connectivity index (χ3n) is 5.49. The summed E-state index contributed by atoms with van der Waals surface area (Å²) in [7, 11) is 0. The van der Waals surface area contributed by atoms with Crippen molar-refractivity contribution in [3.8, 4) is 11.3 Å². The third-order valence-corrected chi connectivity index (χ3v) is 6.25. The van der Waals surface area contributed by atoms with Crippen molar-refractivity contribution in [2.24, 2.45) is 0 Å². The van der Waals surface area contributed by atoms with Gasteiger partial charge in [0.15, 0.2) is 5.13 Å². The second-order valence-electron chi connectivity index (χ2n) is 9.84. The van der Waals surface area contributed by atoms with E-state index in [4.69, 9.17) is 9.84 Å². The Labute approximate surface area is 223 Å². The molecule has 10 heteroatoms. The number of ether oxygens (including phenoxy) is 1. The molecule has 0 aliphatic carbocycles. The lowest BCUT2D eigenvalue weighted by atomic mass is 10.0. The van der Waals surface area contributed by atoms with E-state index >= 15 is 4.39 Å². The number of aliphatic carboxylic acids is 1. The molecule has 0 spiro atoms. The Morgan fingerprint density at radius 3 is 2.45 bits per heavy atom. The molecular weight excluding hydrogens is 517 g/mol. The van der Waals surface area contributed by atoms with Gasteiger partial charge < -0.3 is 9.84 Å². The maximum atomic E-state index is 15.3. The van der Waals surface area contributed by atoms with Gasteiger partial charge in [-0.2, -0.15) is 0 Å². The molecule has 38 heavy (non-hydrogen) atoms. The van der Waals surface area contributed by atoms with Gasteiger partial charge in [-0.15, -0.1) is 11.3 Å². The number of thiazole rings is 1. The number of aryl methyl sites for hydroxylation is 1. The van der Waals surface area contributed by atoms with Crippen LogP contribution in [0.15, 0.2) is 41.3 Å². The van der Waals surface area contributed by atoms with Crippen LogP contribution in [0, 0.1) is 17.5 Å². The number of rotatable bonds is 9. The Hall–Kier alpha value is -3.50. The van der Waals surface area contributed by atoms with Gasteiger partial charge >= 0.3 is 5.97 Å². The van der Waals surface area contributed by atoms with Crippen molar-refractivity contribution in [1.82, 2.24) is 4.98 Å². The van der Waals surface area contributed by atoms with Crippen LogP contribution in [0.3, 0.4) is 0 Å². The molecule has 2 aromatic carbocycles. The Kier molecular flexibility index (Phi) is 9.11. The zero-order valence-electron chi connectivity index (χ0n) is 21.7. The predicted molar refractivity (Wildman–Crippen MR) is 142 cm³/mol. The van der Waals surface area contributed by atoms with E-state index in [0.29, 0.717) is 24.1 Å². The van der Waals surface area contributed by atoms with Crippen LogP contribution in [0.25, 0.3) is 17.3 Å². The molecule has 1 aromatic heterocycles. The summed E-state index contributed by atoms with van der Waals surface area (Å²) in [6.45, 7) is 9.04. The SMILES string of the molecule is C/C(=C\c1c(F)cc(C(=O)Nc2nc(-c3cccc(CCC(C)OC(C)(C)C)c3F)cs2)cc1F)C(=O)O. The van der Waals surface area contributed by atoms with Crippen molar-refractivity contribution in [3.05, 3.63) is 75.4 Å². The Morgan fingerprint density at radius 1 is 1.18 bits per heavy atom. The lowest BCUT2D eigenvalue weighted by Crippen LogP contribution is -2.25. The van der Waals surface area contributed by atoms with Gasteiger partial charge in [0.2, 0.25) is 0 Å². The van der Waals surface area contributed by atoms with Gasteiger partial charge in [-0.1, -0.05) is 12.1 Å². The number of nitrogens with zero attached hydrogens (tertiary/aromatic N) is 1. The van der Waals surface area contributed by atoms with E-state index in [1.54, 1.807) is 23.6 Å². The zero-order valence-corrected chi connectivity index (χ0v) is 22.5. The number of carboxylic acids is 1. The molecule has 1 amide bonds. The minimum atomic E-state index is -1.32. The van der Waals surface area contributed by atoms with E-state index in [1.165, 1.54) is 6.92 Å². The Morgan fingerprint density at radius 2 is 1.84 bits per heavy atom. The Balaban J connectivity index is 1.74. The van der Waals surface area contributed by atoms with Crippen molar-refractivity contribution >= 4 is 34.4 Å². The standard InChI is InChI=1S/C28H29F3N2O4S/c1-15(26(35)36)11-20-21(29)12-18(13-22(20)30)25(34)33-27-32-23(14-38-27)19-8-6-7-17(24(19)31)10-9-16(2)37-28(3,4)5/h6-8,11-14,16H,9-10H2,1-5H3,(H,35,36)(H,32,33,34)/b15-11+. The first-order chi connectivity index (χ1) is 17.7. The number of halogens is 3. The average Bonchev–Trinajstić information content (AvgIpc) is 3.27. The lowest BCUT2D eigenvalue weighted by Gasteiger charge is -2.25. The molecule has 6 nitrogen and oxygen atoms in total. The number of aromatic nitrogens is 1. The quantitative estimate of drug-likeness (QED) is 0.280. The van der Waals surface area contributed by atoms with E-state index in [2.05, 4.69) is 10.3 Å². The van der Waals surface area contributed by atoms with Crippen LogP contribution in [0.1, 0.15) is 62.5 Å². The molecule has 0 saturated heterocycles. The van der Waals surface area contributed by atoms with Gasteiger partial charge in [0, 0.05) is 27.6 Å². The highest BCUT2D eigenvalue weighted by Crippen LogP contribution is 2.30. The van der Waals surface area contributed by atoms with Crippen LogP contribution < -0.4 is 5.32 Å². The molecule has 3 aromatic rings. The monoisotopic (exact) mass is 546 g/mol. The molecule has 0 saturated carbocycles. The lowest BCUT2D eigenvalue weighted by molar-refractivity contribution is -0.132. The predicted octanol–water partition coefficient (Wildman–Crippen LogP) is 7.10. The molecule has 0 bridgehead atoms. The van der Waals surface area contributed by atoms with Crippen molar-refractivity contribution in [2.45, 2.75) is 59.2 Å². The molecule has 3 rings (SSSR count). The fourth-order valence-electron chi connectivity index (χ4n) is 3.75. The van der Waals surface area contributed by atoms with Gasteiger partial charge in [-0.05, 0) is 77.3 Å². The number of carboxylic acid groups (broad SMARTS) is 1. The number of nitrogens with one attached hydrogen (secondary N) is 1. The fraction of sp³-hybridized carbons (Fsp3) is 0.321. The third kappa shape index (κ3) is 7.52. The first-order valence-corrected chi connectivity index (χ1v) is 12.8. The van der Waals surface area contributed by atoms with Gasteiger partial charge in [0.05, 0.1) is 17.4 Å². The van der Waals surface area contributed by atoms with E-state index in [1.807, 2.05) is 27.7 Å². The maximum absolute atomic E-state index is 15.3. The summed E-state index contributed by atoms with van der Waals surface area (Å²) < 4.78 is 50.0. The summed E-state index contributed by atoms with van der Waals surface area (Å²) in [4.78, 5) is 27.8. The first-order valence-electron chi connectivity index (χ1n) is 11.9. The summed E-state index contributed by atoms with van der Waals surface area (Å²) in [5.74, 6) is -4.73. The molecule has 0 aliphatic rings. The summed E-state index contributed by atoms with van der Waals surface area (Å²) in [5.41, 5.74) is -0.342.